The molecule has 0 aromatic heterocycles. The lowest BCUT2D eigenvalue weighted by molar-refractivity contribution is -0.131. The molecule has 2 N–H and O–H groups in total. The Morgan fingerprint density at radius 2 is 2.03 bits per heavy atom. The third-order valence-corrected chi connectivity index (χ3v) is 6.03. The number of ether oxygens (including phenoxy) is 3. The molecule has 3 atom stereocenters. The van der Waals surface area contributed by atoms with Crippen molar-refractivity contribution in [3.05, 3.63) is 18.2 Å². The zero-order valence-corrected chi connectivity index (χ0v) is 18.6. The van der Waals surface area contributed by atoms with Crippen molar-refractivity contribution in [1.82, 2.24) is 10.6 Å². The molecule has 32 heavy (non-hydrogen) atoms. The van der Waals surface area contributed by atoms with Crippen LogP contribution in [0.2, 0.25) is 0 Å². The largest absolute Gasteiger partial charge is 0.454 e. The van der Waals surface area contributed by atoms with Gasteiger partial charge in [0.2, 0.25) is 24.5 Å². The van der Waals surface area contributed by atoms with Gasteiger partial charge in [0.05, 0.1) is 12.0 Å². The normalized spacial score (nSPS) is 23.0. The first kappa shape index (κ1) is 22.4. The van der Waals surface area contributed by atoms with E-state index in [2.05, 4.69) is 10.6 Å². The highest BCUT2D eigenvalue weighted by Crippen LogP contribution is 2.37. The molecule has 2 fully saturated rings. The zero-order valence-electron chi connectivity index (χ0n) is 18.6. The lowest BCUT2D eigenvalue weighted by Gasteiger charge is -2.23. The van der Waals surface area contributed by atoms with Crippen LogP contribution in [0.15, 0.2) is 18.2 Å². The van der Waals surface area contributed by atoms with Crippen molar-refractivity contribution in [1.29, 1.82) is 0 Å². The van der Waals surface area contributed by atoms with Gasteiger partial charge < -0.3 is 29.7 Å². The first-order chi connectivity index (χ1) is 15.4. The van der Waals surface area contributed by atoms with Gasteiger partial charge in [-0.25, -0.2) is 0 Å². The van der Waals surface area contributed by atoms with Crippen molar-refractivity contribution in [2.75, 3.05) is 31.4 Å². The average Bonchev–Trinajstić information content (AvgIpc) is 3.51. The number of carbonyl (C=O) groups excluding carboxylic acids is 3. The van der Waals surface area contributed by atoms with E-state index < -0.39 is 12.0 Å². The first-order valence-corrected chi connectivity index (χ1v) is 11.3. The van der Waals surface area contributed by atoms with E-state index in [0.717, 1.165) is 19.4 Å². The summed E-state index contributed by atoms with van der Waals surface area (Å²) in [7, 11) is 0. The van der Waals surface area contributed by atoms with Crippen LogP contribution in [0.25, 0.3) is 0 Å². The predicted octanol–water partition coefficient (Wildman–Crippen LogP) is 1.59. The monoisotopic (exact) mass is 445 g/mol. The first-order valence-electron chi connectivity index (χ1n) is 11.3. The van der Waals surface area contributed by atoms with Crippen molar-refractivity contribution in [2.45, 2.75) is 51.7 Å². The van der Waals surface area contributed by atoms with Crippen LogP contribution in [0.1, 0.15) is 39.5 Å². The molecule has 0 spiro atoms. The summed E-state index contributed by atoms with van der Waals surface area (Å²) in [4.78, 5) is 39.9. The molecule has 3 aliphatic rings. The minimum absolute atomic E-state index is 0.0389. The standard InChI is InChI=1S/C23H31N3O6/c1-14(2)8-18(23(29)24-11-17-4-3-7-30-17)25-22(28)15-9-21(27)26(12-15)16-5-6-19-20(10-16)32-13-31-19/h5-6,10,14-15,17-18H,3-4,7-9,11-13H2,1-2H3,(H,24,29)(H,25,28). The highest BCUT2D eigenvalue weighted by molar-refractivity contribution is 6.01. The minimum atomic E-state index is -0.640. The molecular weight excluding hydrogens is 414 g/mol. The lowest BCUT2D eigenvalue weighted by atomic mass is 10.0. The Morgan fingerprint density at radius 1 is 1.22 bits per heavy atom. The van der Waals surface area contributed by atoms with Crippen LogP contribution in [-0.2, 0) is 19.1 Å². The number of amides is 3. The van der Waals surface area contributed by atoms with Gasteiger partial charge in [-0.1, -0.05) is 13.8 Å². The average molecular weight is 446 g/mol. The maximum Gasteiger partial charge on any atom is 0.242 e. The quantitative estimate of drug-likeness (QED) is 0.630. The van der Waals surface area contributed by atoms with E-state index in [4.69, 9.17) is 14.2 Å². The van der Waals surface area contributed by atoms with Gasteiger partial charge in [-0.05, 0) is 37.3 Å². The van der Waals surface area contributed by atoms with Crippen molar-refractivity contribution in [3.63, 3.8) is 0 Å². The number of hydrogen-bond acceptors (Lipinski definition) is 6. The summed E-state index contributed by atoms with van der Waals surface area (Å²) in [5.74, 6) is 0.312. The summed E-state index contributed by atoms with van der Waals surface area (Å²) >= 11 is 0. The fourth-order valence-electron chi connectivity index (χ4n) is 4.32. The molecule has 0 bridgehead atoms. The summed E-state index contributed by atoms with van der Waals surface area (Å²) in [6.07, 6.45) is 2.60. The third kappa shape index (κ3) is 5.15. The molecule has 0 saturated carbocycles. The molecule has 1 aromatic carbocycles. The number of rotatable bonds is 8. The highest BCUT2D eigenvalue weighted by Gasteiger charge is 2.37. The van der Waals surface area contributed by atoms with E-state index in [1.807, 2.05) is 13.8 Å². The summed E-state index contributed by atoms with van der Waals surface area (Å²) in [5.41, 5.74) is 0.669. The second-order valence-electron chi connectivity index (χ2n) is 9.01. The van der Waals surface area contributed by atoms with Gasteiger partial charge in [0.25, 0.3) is 0 Å². The second kappa shape index (κ2) is 9.77. The van der Waals surface area contributed by atoms with Crippen molar-refractivity contribution in [3.8, 4) is 11.5 Å². The Balaban J connectivity index is 1.36. The van der Waals surface area contributed by atoms with Gasteiger partial charge in [0, 0.05) is 37.9 Å². The molecule has 9 heteroatoms. The SMILES string of the molecule is CC(C)CC(NC(=O)C1CC(=O)N(c2ccc3c(c2)OCO3)C1)C(=O)NCC1CCCO1. The second-order valence-corrected chi connectivity index (χ2v) is 9.01. The molecule has 0 aliphatic carbocycles. The number of nitrogens with zero attached hydrogens (tertiary/aromatic N) is 1. The van der Waals surface area contributed by atoms with Crippen LogP contribution in [0.4, 0.5) is 5.69 Å². The number of hydrogen-bond donors (Lipinski definition) is 2. The number of nitrogens with one attached hydrogen (secondary N) is 2. The van der Waals surface area contributed by atoms with Crippen molar-refractivity contribution in [2.24, 2.45) is 11.8 Å². The van der Waals surface area contributed by atoms with Crippen LogP contribution < -0.4 is 25.0 Å². The van der Waals surface area contributed by atoms with Crippen LogP contribution >= 0.6 is 0 Å². The van der Waals surface area contributed by atoms with Gasteiger partial charge >= 0.3 is 0 Å². The van der Waals surface area contributed by atoms with E-state index in [1.54, 1.807) is 23.1 Å². The van der Waals surface area contributed by atoms with Gasteiger partial charge in [-0.2, -0.15) is 0 Å². The molecule has 3 heterocycles. The Hall–Kier alpha value is -2.81. The topological polar surface area (TPSA) is 106 Å². The van der Waals surface area contributed by atoms with E-state index in [0.29, 0.717) is 30.2 Å². The van der Waals surface area contributed by atoms with Gasteiger partial charge in [0.15, 0.2) is 11.5 Å². The van der Waals surface area contributed by atoms with E-state index in [1.165, 1.54) is 0 Å². The number of benzene rings is 1. The Bertz CT molecular complexity index is 867. The summed E-state index contributed by atoms with van der Waals surface area (Å²) in [5, 5.41) is 5.80. The van der Waals surface area contributed by atoms with Gasteiger partial charge in [-0.15, -0.1) is 0 Å². The zero-order chi connectivity index (χ0) is 22.7. The van der Waals surface area contributed by atoms with Crippen LogP contribution in [0, 0.1) is 11.8 Å². The maximum absolute atomic E-state index is 13.0. The number of fused-ring (bicyclic) bond motifs is 1. The third-order valence-electron chi connectivity index (χ3n) is 6.03. The van der Waals surface area contributed by atoms with Crippen LogP contribution in [-0.4, -0.2) is 56.4 Å². The minimum Gasteiger partial charge on any atom is -0.454 e. The molecule has 3 aliphatic heterocycles. The van der Waals surface area contributed by atoms with Crippen LogP contribution in [0.3, 0.4) is 0 Å². The molecule has 4 rings (SSSR count). The van der Waals surface area contributed by atoms with Crippen molar-refractivity contribution >= 4 is 23.4 Å². The van der Waals surface area contributed by atoms with E-state index >= 15 is 0 Å². The lowest BCUT2D eigenvalue weighted by Crippen LogP contribution is -2.50. The molecular formula is C23H31N3O6. The smallest absolute Gasteiger partial charge is 0.242 e. The van der Waals surface area contributed by atoms with Gasteiger partial charge in [-0.3, -0.25) is 14.4 Å². The fraction of sp³-hybridized carbons (Fsp3) is 0.609. The molecule has 174 valence electrons. The molecule has 9 nitrogen and oxygen atoms in total. The van der Waals surface area contributed by atoms with Gasteiger partial charge in [0.1, 0.15) is 6.04 Å². The summed E-state index contributed by atoms with van der Waals surface area (Å²) < 4.78 is 16.3. The summed E-state index contributed by atoms with van der Waals surface area (Å²) in [6, 6.07) is 4.65. The van der Waals surface area contributed by atoms with E-state index in [-0.39, 0.29) is 49.5 Å². The molecule has 3 unspecified atom stereocenters. The fourth-order valence-corrected chi connectivity index (χ4v) is 4.32. The highest BCUT2D eigenvalue weighted by atomic mass is 16.7. The Kier molecular flexibility index (Phi) is 6.83. The number of carbonyl (C=O) groups is 3. The maximum atomic E-state index is 13.0. The number of anilines is 1. The molecule has 2 saturated heterocycles. The molecule has 1 aromatic rings. The molecule has 3 amide bonds. The summed E-state index contributed by atoms with van der Waals surface area (Å²) in [6.45, 7) is 5.60. The molecule has 0 radical (unpaired) electrons. The Morgan fingerprint density at radius 3 is 2.78 bits per heavy atom. The van der Waals surface area contributed by atoms with E-state index in [9.17, 15) is 14.4 Å². The Labute approximate surface area is 187 Å². The van der Waals surface area contributed by atoms with Crippen molar-refractivity contribution < 1.29 is 28.6 Å². The van der Waals surface area contributed by atoms with Crippen LogP contribution in [0.5, 0.6) is 11.5 Å². The predicted molar refractivity (Wildman–Crippen MR) is 116 cm³/mol.